The van der Waals surface area contributed by atoms with Gasteiger partial charge in [0.15, 0.2) is 0 Å². The fourth-order valence-electron chi connectivity index (χ4n) is 7.04. The quantitative estimate of drug-likeness (QED) is 0.0310. The highest BCUT2D eigenvalue weighted by Crippen LogP contribution is 2.20. The van der Waals surface area contributed by atoms with Crippen LogP contribution in [0.2, 0.25) is 0 Å². The molecule has 0 fully saturated rings. The summed E-state index contributed by atoms with van der Waals surface area (Å²) in [5.74, 6) is -6.46. The first-order valence-corrected chi connectivity index (χ1v) is 22.9. The largest absolute Gasteiger partial charge is 0.508 e. The van der Waals surface area contributed by atoms with Gasteiger partial charge in [0.2, 0.25) is 35.4 Å². The van der Waals surface area contributed by atoms with Crippen molar-refractivity contribution >= 4 is 77.6 Å². The van der Waals surface area contributed by atoms with E-state index in [0.717, 1.165) is 16.5 Å². The number of benzene rings is 3. The number of amides is 6. The Bertz CT molecular complexity index is 2260. The third-order valence-corrected chi connectivity index (χ3v) is 11.6. The van der Waals surface area contributed by atoms with Crippen LogP contribution >= 0.6 is 25.3 Å². The molecule has 0 aliphatic carbocycles. The molecule has 0 saturated heterocycles. The summed E-state index contributed by atoms with van der Waals surface area (Å²) in [4.78, 5) is 98.5. The molecule has 0 saturated carbocycles. The Labute approximate surface area is 394 Å². The predicted octanol–water partition coefficient (Wildman–Crippen LogP) is 0.867. The van der Waals surface area contributed by atoms with Crippen LogP contribution in [-0.4, -0.2) is 117 Å². The number of carboxylic acids is 1. The molecule has 4 aromatic rings. The average molecular weight is 948 g/mol. The van der Waals surface area contributed by atoms with E-state index in [2.05, 4.69) is 62.1 Å². The van der Waals surface area contributed by atoms with Crippen LogP contribution < -0.4 is 43.4 Å². The number of aromatic nitrogens is 1. The van der Waals surface area contributed by atoms with Crippen molar-refractivity contribution in [3.05, 3.63) is 102 Å². The van der Waals surface area contributed by atoms with Crippen LogP contribution in [0, 0.1) is 5.92 Å². The fraction of sp³-hybridized carbons (Fsp3) is 0.413. The lowest BCUT2D eigenvalue weighted by Gasteiger charge is -2.28. The molecule has 66 heavy (non-hydrogen) atoms. The number of aromatic hydroxyl groups is 1. The molecule has 7 atom stereocenters. The molecule has 13 N–H and O–H groups in total. The van der Waals surface area contributed by atoms with Crippen molar-refractivity contribution in [3.8, 4) is 5.75 Å². The number of phenols is 1. The standard InChI is InChI=1S/C46H61N9O9S2/c1-26(2)39(46(63)64)55-45(62)38(25-66)54-43(60)36(21-28-15-17-30(56)18-16-28)52-41(58)34(14-8-9-19-47)50-44(61)37(22-29-23-49-33-13-7-6-12-31(29)33)53-42(59)35(51-40(57)32(48)24-65)20-27-10-4-3-5-11-27/h3-7,10-13,15-18,23,26,32,34-39,49,56,65-66H,8-9,14,19-22,24-25,47-48H2,1-2H3,(H,50,61)(H,51,57)(H,52,58)(H,53,59)(H,54,60)(H,55,62)(H,63,64). The number of H-pyrrole nitrogens is 1. The molecule has 0 bridgehead atoms. The second-order valence-electron chi connectivity index (χ2n) is 16.3. The molecular weight excluding hydrogens is 887 g/mol. The minimum Gasteiger partial charge on any atom is -0.508 e. The van der Waals surface area contributed by atoms with Gasteiger partial charge in [-0.3, -0.25) is 28.8 Å². The maximum absolute atomic E-state index is 14.6. The van der Waals surface area contributed by atoms with Gasteiger partial charge in [0.1, 0.15) is 42.0 Å². The van der Waals surface area contributed by atoms with Gasteiger partial charge in [0.05, 0.1) is 6.04 Å². The summed E-state index contributed by atoms with van der Waals surface area (Å²) in [7, 11) is 0. The lowest BCUT2D eigenvalue weighted by Crippen LogP contribution is -2.61. The van der Waals surface area contributed by atoms with Crippen molar-refractivity contribution in [2.45, 2.75) is 94.7 Å². The van der Waals surface area contributed by atoms with Crippen LogP contribution in [-0.2, 0) is 52.8 Å². The summed E-state index contributed by atoms with van der Waals surface area (Å²) < 4.78 is 0. The molecule has 18 nitrogen and oxygen atoms in total. The number of fused-ring (bicyclic) bond motifs is 1. The van der Waals surface area contributed by atoms with Crippen molar-refractivity contribution in [2.75, 3.05) is 18.1 Å². The predicted molar refractivity (Wildman–Crippen MR) is 257 cm³/mol. The smallest absolute Gasteiger partial charge is 0.326 e. The number of carboxylic acid groups (broad SMARTS) is 1. The first kappa shape index (κ1) is 52.5. The van der Waals surface area contributed by atoms with Crippen molar-refractivity contribution in [2.24, 2.45) is 17.4 Å². The average Bonchev–Trinajstić information content (AvgIpc) is 3.71. The van der Waals surface area contributed by atoms with E-state index in [1.807, 2.05) is 30.3 Å². The molecule has 1 aromatic heterocycles. The Hall–Kier alpha value is -6.09. The second-order valence-corrected chi connectivity index (χ2v) is 17.0. The number of hydrogen-bond donors (Lipinski definition) is 13. The van der Waals surface area contributed by atoms with Crippen molar-refractivity contribution < 1.29 is 43.8 Å². The van der Waals surface area contributed by atoms with Gasteiger partial charge >= 0.3 is 5.97 Å². The summed E-state index contributed by atoms with van der Waals surface area (Å²) in [5.41, 5.74) is 14.5. The molecular formula is C46H61N9O9S2. The molecule has 0 spiro atoms. The third kappa shape index (κ3) is 15.8. The van der Waals surface area contributed by atoms with E-state index in [0.29, 0.717) is 24.0 Å². The number of nitrogens with one attached hydrogen (secondary N) is 7. The Kier molecular flexibility index (Phi) is 20.8. The zero-order valence-electron chi connectivity index (χ0n) is 36.9. The maximum Gasteiger partial charge on any atom is 0.326 e. The number of phenolic OH excluding ortho intramolecular Hbond substituents is 1. The number of para-hydroxylation sites is 1. The summed E-state index contributed by atoms with van der Waals surface area (Å²) >= 11 is 8.35. The third-order valence-electron chi connectivity index (χ3n) is 10.8. The normalized spacial score (nSPS) is 14.4. The fourth-order valence-corrected chi connectivity index (χ4v) is 7.46. The maximum atomic E-state index is 14.6. The highest BCUT2D eigenvalue weighted by Gasteiger charge is 2.34. The van der Waals surface area contributed by atoms with E-state index in [-0.39, 0.29) is 49.5 Å². The first-order chi connectivity index (χ1) is 31.5. The number of aromatic amines is 1. The minimum atomic E-state index is -1.36. The summed E-state index contributed by atoms with van der Waals surface area (Å²) in [6.45, 7) is 3.51. The van der Waals surface area contributed by atoms with Gasteiger partial charge in [-0.2, -0.15) is 25.3 Å². The van der Waals surface area contributed by atoms with Crippen molar-refractivity contribution in [1.29, 1.82) is 0 Å². The van der Waals surface area contributed by atoms with Crippen LogP contribution in [0.25, 0.3) is 10.9 Å². The van der Waals surface area contributed by atoms with E-state index in [1.54, 1.807) is 56.4 Å². The minimum absolute atomic E-state index is 0.0127. The van der Waals surface area contributed by atoms with Crippen molar-refractivity contribution in [1.82, 2.24) is 36.9 Å². The lowest BCUT2D eigenvalue weighted by molar-refractivity contribution is -0.143. The van der Waals surface area contributed by atoms with E-state index >= 15 is 0 Å². The topological polar surface area (TPSA) is 300 Å². The van der Waals surface area contributed by atoms with Gasteiger partial charge in [-0.15, -0.1) is 0 Å². The Morgan fingerprint density at radius 1 is 0.606 bits per heavy atom. The van der Waals surface area contributed by atoms with Gasteiger partial charge in [-0.05, 0) is 66.6 Å². The summed E-state index contributed by atoms with van der Waals surface area (Å²) in [6, 6.07) is 13.5. The van der Waals surface area contributed by atoms with Gasteiger partial charge in [-0.25, -0.2) is 4.79 Å². The Balaban J connectivity index is 1.66. The molecule has 4 rings (SSSR count). The van der Waals surface area contributed by atoms with E-state index in [9.17, 15) is 43.8 Å². The number of carbonyl (C=O) groups excluding carboxylic acids is 6. The molecule has 6 amide bonds. The van der Waals surface area contributed by atoms with Gasteiger partial charge in [0, 0.05) is 47.9 Å². The van der Waals surface area contributed by atoms with Gasteiger partial charge in [-0.1, -0.05) is 74.5 Å². The van der Waals surface area contributed by atoms with E-state index in [1.165, 1.54) is 12.1 Å². The molecule has 0 aliphatic heterocycles. The van der Waals surface area contributed by atoms with E-state index < -0.39 is 89.6 Å². The number of rotatable bonds is 26. The van der Waals surface area contributed by atoms with Crippen LogP contribution in [0.1, 0.15) is 49.8 Å². The highest BCUT2D eigenvalue weighted by atomic mass is 32.1. The number of nitrogens with two attached hydrogens (primary N) is 2. The number of thiol groups is 2. The van der Waals surface area contributed by atoms with Crippen LogP contribution in [0.5, 0.6) is 5.75 Å². The molecule has 0 radical (unpaired) electrons. The SMILES string of the molecule is CC(C)C(NC(=O)C(CS)NC(=O)C(Cc1ccc(O)cc1)NC(=O)C(CCCCN)NC(=O)C(Cc1c[nH]c2ccccc12)NC(=O)C(Cc1ccccc1)NC(=O)C(N)CS)C(=O)O. The van der Waals surface area contributed by atoms with Gasteiger partial charge in [0.25, 0.3) is 0 Å². The van der Waals surface area contributed by atoms with Gasteiger partial charge < -0.3 is 58.6 Å². The van der Waals surface area contributed by atoms with Crippen LogP contribution in [0.3, 0.4) is 0 Å². The number of unbranched alkanes of at least 4 members (excludes halogenated alkanes) is 1. The summed E-state index contributed by atoms with van der Waals surface area (Å²) in [6.07, 6.45) is 2.53. The zero-order chi connectivity index (χ0) is 48.3. The number of hydrogen-bond acceptors (Lipinski definition) is 12. The Morgan fingerprint density at radius 2 is 1.11 bits per heavy atom. The number of aliphatic carboxylic acids is 1. The second kappa shape index (κ2) is 26.2. The highest BCUT2D eigenvalue weighted by molar-refractivity contribution is 7.80. The molecule has 1 heterocycles. The zero-order valence-corrected chi connectivity index (χ0v) is 38.7. The van der Waals surface area contributed by atoms with Crippen molar-refractivity contribution in [3.63, 3.8) is 0 Å². The molecule has 7 unspecified atom stereocenters. The molecule has 356 valence electrons. The van der Waals surface area contributed by atoms with Crippen LogP contribution in [0.15, 0.2) is 85.1 Å². The first-order valence-electron chi connectivity index (χ1n) is 21.6. The molecule has 3 aromatic carbocycles. The van der Waals surface area contributed by atoms with E-state index in [4.69, 9.17) is 11.5 Å². The molecule has 0 aliphatic rings. The Morgan fingerprint density at radius 3 is 1.67 bits per heavy atom. The monoisotopic (exact) mass is 947 g/mol. The molecule has 20 heteroatoms. The lowest BCUT2D eigenvalue weighted by atomic mass is 10.0. The summed E-state index contributed by atoms with van der Waals surface area (Å²) in [5, 5.41) is 36.4. The number of carbonyl (C=O) groups is 7. The van der Waals surface area contributed by atoms with Crippen LogP contribution in [0.4, 0.5) is 0 Å².